The first kappa shape index (κ1) is 15.7. The Balaban J connectivity index is 2.15. The normalized spacial score (nSPS) is 19.6. The van der Waals surface area contributed by atoms with Crippen molar-refractivity contribution in [3.8, 4) is 0 Å². The molecule has 6 heteroatoms. The van der Waals surface area contributed by atoms with Crippen LogP contribution < -0.4 is 10.6 Å². The van der Waals surface area contributed by atoms with E-state index in [0.717, 1.165) is 25.9 Å². The van der Waals surface area contributed by atoms with Crippen molar-refractivity contribution in [3.05, 3.63) is 17.7 Å². The number of amides is 1. The molecule has 1 saturated heterocycles. The van der Waals surface area contributed by atoms with Crippen molar-refractivity contribution in [1.82, 2.24) is 20.2 Å². The number of nitrogens with zero attached hydrogens (tertiary/aromatic N) is 3. The zero-order valence-corrected chi connectivity index (χ0v) is 13.3. The van der Waals surface area contributed by atoms with Crippen LogP contribution in [0.15, 0.2) is 6.20 Å². The van der Waals surface area contributed by atoms with Crippen LogP contribution in [0, 0.1) is 0 Å². The van der Waals surface area contributed by atoms with E-state index in [4.69, 9.17) is 0 Å². The second kappa shape index (κ2) is 6.85. The van der Waals surface area contributed by atoms with Crippen LogP contribution in [0.5, 0.6) is 0 Å². The molecule has 1 aromatic heterocycles. The summed E-state index contributed by atoms with van der Waals surface area (Å²) in [6.45, 7) is 6.03. The molecule has 1 atom stereocenters. The maximum atomic E-state index is 12.5. The molecular formula is C15H25N5O. The van der Waals surface area contributed by atoms with Crippen LogP contribution >= 0.6 is 0 Å². The first-order valence-corrected chi connectivity index (χ1v) is 7.55. The molecule has 1 fully saturated rings. The van der Waals surface area contributed by atoms with Crippen molar-refractivity contribution in [1.29, 1.82) is 0 Å². The van der Waals surface area contributed by atoms with E-state index >= 15 is 0 Å². The van der Waals surface area contributed by atoms with Gasteiger partial charge >= 0.3 is 0 Å². The number of carbonyl (C=O) groups excluding carboxylic acids is 1. The number of nitrogens with one attached hydrogen (secondary N) is 2. The summed E-state index contributed by atoms with van der Waals surface area (Å²) in [5.74, 6) is 0.770. The van der Waals surface area contributed by atoms with Gasteiger partial charge in [-0.1, -0.05) is 13.8 Å². The Morgan fingerprint density at radius 2 is 2.24 bits per heavy atom. The van der Waals surface area contributed by atoms with Crippen molar-refractivity contribution in [2.45, 2.75) is 38.6 Å². The summed E-state index contributed by atoms with van der Waals surface area (Å²) in [4.78, 5) is 23.5. The van der Waals surface area contributed by atoms with Crippen molar-refractivity contribution in [3.63, 3.8) is 0 Å². The second-order valence-corrected chi connectivity index (χ2v) is 5.97. The highest BCUT2D eigenvalue weighted by Crippen LogP contribution is 2.17. The summed E-state index contributed by atoms with van der Waals surface area (Å²) >= 11 is 0. The van der Waals surface area contributed by atoms with Gasteiger partial charge < -0.3 is 15.5 Å². The molecule has 1 aliphatic rings. The van der Waals surface area contributed by atoms with Crippen molar-refractivity contribution >= 4 is 11.6 Å². The minimum Gasteiger partial charge on any atom is -0.385 e. The van der Waals surface area contributed by atoms with Gasteiger partial charge in [0.05, 0.1) is 11.9 Å². The van der Waals surface area contributed by atoms with Crippen LogP contribution in [0.4, 0.5) is 5.69 Å². The molecule has 6 nitrogen and oxygen atoms in total. The first-order valence-electron chi connectivity index (χ1n) is 7.55. The van der Waals surface area contributed by atoms with Crippen molar-refractivity contribution in [2.75, 3.05) is 32.5 Å². The Labute approximate surface area is 126 Å². The van der Waals surface area contributed by atoms with Gasteiger partial charge in [-0.05, 0) is 26.4 Å². The van der Waals surface area contributed by atoms with E-state index in [1.54, 1.807) is 13.2 Å². The minimum absolute atomic E-state index is 0.121. The fourth-order valence-corrected chi connectivity index (χ4v) is 2.57. The Kier molecular flexibility index (Phi) is 5.12. The molecule has 0 aromatic carbocycles. The molecule has 2 N–H and O–H groups in total. The number of piperidine rings is 1. The maximum Gasteiger partial charge on any atom is 0.272 e. The van der Waals surface area contributed by atoms with E-state index in [1.807, 2.05) is 13.8 Å². The molecule has 1 aliphatic heterocycles. The fourth-order valence-electron chi connectivity index (χ4n) is 2.57. The summed E-state index contributed by atoms with van der Waals surface area (Å²) in [6.07, 6.45) is 3.82. The molecule has 1 aromatic rings. The highest BCUT2D eigenvalue weighted by atomic mass is 16.2. The Hall–Kier alpha value is -1.69. The van der Waals surface area contributed by atoms with Crippen LogP contribution in [-0.2, 0) is 0 Å². The molecule has 0 bridgehead atoms. The largest absolute Gasteiger partial charge is 0.385 e. The molecule has 1 amide bonds. The second-order valence-electron chi connectivity index (χ2n) is 5.97. The lowest BCUT2D eigenvalue weighted by Crippen LogP contribution is -2.46. The molecule has 116 valence electrons. The van der Waals surface area contributed by atoms with Gasteiger partial charge in [-0.15, -0.1) is 0 Å². The topological polar surface area (TPSA) is 70.1 Å². The standard InChI is InChI=1S/C15H25N5O/c1-10(2)14-17-8-12(16-3)13(19-14)15(21)18-11-6-5-7-20(4)9-11/h8,10-11,16H,5-7,9H2,1-4H3,(H,18,21). The lowest BCUT2D eigenvalue weighted by molar-refractivity contribution is 0.0908. The van der Waals surface area contributed by atoms with Gasteiger partial charge in [-0.25, -0.2) is 9.97 Å². The molecule has 0 saturated carbocycles. The third-order valence-corrected chi connectivity index (χ3v) is 3.77. The summed E-state index contributed by atoms with van der Waals surface area (Å²) in [7, 11) is 3.86. The SMILES string of the molecule is CNc1cnc(C(C)C)nc1C(=O)NC1CCCN(C)C1. The van der Waals surface area contributed by atoms with Crippen LogP contribution in [-0.4, -0.2) is 54.0 Å². The smallest absolute Gasteiger partial charge is 0.272 e. The molecule has 2 heterocycles. The molecule has 2 rings (SSSR count). The maximum absolute atomic E-state index is 12.5. The van der Waals surface area contributed by atoms with Crippen molar-refractivity contribution in [2.24, 2.45) is 0 Å². The minimum atomic E-state index is -0.121. The van der Waals surface area contributed by atoms with E-state index in [2.05, 4.69) is 32.5 Å². The molecule has 0 aliphatic carbocycles. The number of hydrogen-bond acceptors (Lipinski definition) is 5. The predicted octanol–water partition coefficient (Wildman–Crippen LogP) is 1.47. The van der Waals surface area contributed by atoms with E-state index in [0.29, 0.717) is 17.2 Å². The summed E-state index contributed by atoms with van der Waals surface area (Å²) < 4.78 is 0. The first-order chi connectivity index (χ1) is 10.0. The van der Waals surface area contributed by atoms with Crippen molar-refractivity contribution < 1.29 is 4.79 Å². The third-order valence-electron chi connectivity index (χ3n) is 3.77. The monoisotopic (exact) mass is 291 g/mol. The fraction of sp³-hybridized carbons (Fsp3) is 0.667. The summed E-state index contributed by atoms with van der Waals surface area (Å²) in [5, 5.41) is 6.09. The highest BCUT2D eigenvalue weighted by Gasteiger charge is 2.22. The molecule has 1 unspecified atom stereocenters. The third kappa shape index (κ3) is 3.91. The van der Waals surface area contributed by atoms with E-state index < -0.39 is 0 Å². The molecule has 21 heavy (non-hydrogen) atoms. The summed E-state index contributed by atoms with van der Waals surface area (Å²) in [5.41, 5.74) is 1.10. The van der Waals surface area contributed by atoms with Gasteiger partial charge in [0.15, 0.2) is 5.69 Å². The Morgan fingerprint density at radius 3 is 2.86 bits per heavy atom. The number of carbonyl (C=O) groups is 1. The molecular weight excluding hydrogens is 266 g/mol. The van der Waals surface area contributed by atoms with E-state index in [1.165, 1.54) is 0 Å². The number of likely N-dealkylation sites (N-methyl/N-ethyl adjacent to an activating group) is 1. The number of rotatable bonds is 4. The van der Waals surface area contributed by atoms with Crippen LogP contribution in [0.25, 0.3) is 0 Å². The highest BCUT2D eigenvalue weighted by molar-refractivity contribution is 5.97. The number of hydrogen-bond donors (Lipinski definition) is 2. The summed E-state index contributed by atoms with van der Waals surface area (Å²) in [6, 6.07) is 0.193. The average Bonchev–Trinajstić information content (AvgIpc) is 2.46. The zero-order valence-electron chi connectivity index (χ0n) is 13.3. The lowest BCUT2D eigenvalue weighted by atomic mass is 10.1. The van der Waals surface area contributed by atoms with Gasteiger partial charge in [0.1, 0.15) is 5.82 Å². The quantitative estimate of drug-likeness (QED) is 0.879. The Bertz CT molecular complexity index is 503. The van der Waals surface area contributed by atoms with Gasteiger partial charge in [0, 0.05) is 25.6 Å². The number of anilines is 1. The van der Waals surface area contributed by atoms with Gasteiger partial charge in [-0.2, -0.15) is 0 Å². The van der Waals surface area contributed by atoms with E-state index in [-0.39, 0.29) is 17.9 Å². The predicted molar refractivity (Wildman–Crippen MR) is 83.7 cm³/mol. The van der Waals surface area contributed by atoms with Gasteiger partial charge in [0.2, 0.25) is 0 Å². The number of aromatic nitrogens is 2. The molecule has 0 spiro atoms. The molecule has 0 radical (unpaired) electrons. The van der Waals surface area contributed by atoms with Gasteiger partial charge in [0.25, 0.3) is 5.91 Å². The van der Waals surface area contributed by atoms with Gasteiger partial charge in [-0.3, -0.25) is 4.79 Å². The zero-order chi connectivity index (χ0) is 15.4. The number of likely N-dealkylation sites (tertiary alicyclic amines) is 1. The van der Waals surface area contributed by atoms with Crippen LogP contribution in [0.2, 0.25) is 0 Å². The van der Waals surface area contributed by atoms with Crippen LogP contribution in [0.1, 0.15) is 48.9 Å². The Morgan fingerprint density at radius 1 is 1.48 bits per heavy atom. The van der Waals surface area contributed by atoms with E-state index in [9.17, 15) is 4.79 Å². The van der Waals surface area contributed by atoms with Crippen LogP contribution in [0.3, 0.4) is 0 Å². The lowest BCUT2D eigenvalue weighted by Gasteiger charge is -2.30. The average molecular weight is 291 g/mol.